The minimum atomic E-state index is -0.122. The van der Waals surface area contributed by atoms with Gasteiger partial charge in [0.1, 0.15) is 12.1 Å². The van der Waals surface area contributed by atoms with Gasteiger partial charge in [-0.2, -0.15) is 0 Å². The smallest absolute Gasteiger partial charge is 0.245 e. The quantitative estimate of drug-likeness (QED) is 0.768. The minimum Gasteiger partial charge on any atom is -0.376 e. The van der Waals surface area contributed by atoms with Gasteiger partial charge in [-0.05, 0) is 37.8 Å². The number of nitrogens with one attached hydrogen (secondary N) is 1. The van der Waals surface area contributed by atoms with E-state index in [0.717, 1.165) is 56.2 Å². The number of para-hydroxylation sites is 1. The van der Waals surface area contributed by atoms with Crippen LogP contribution in [0.3, 0.4) is 0 Å². The van der Waals surface area contributed by atoms with Crippen LogP contribution < -0.4 is 5.32 Å². The SMILES string of the molecule is O=C(CN(C(=O)Cn1nnc2ccccc21)C1CCCCC1)NCC1CCCO1. The van der Waals surface area contributed by atoms with Crippen LogP contribution in [-0.4, -0.2) is 63.6 Å². The third-order valence-corrected chi connectivity index (χ3v) is 5.91. The van der Waals surface area contributed by atoms with Crippen molar-refractivity contribution < 1.29 is 14.3 Å². The number of rotatable bonds is 7. The van der Waals surface area contributed by atoms with E-state index in [0.29, 0.717) is 6.54 Å². The summed E-state index contributed by atoms with van der Waals surface area (Å²) < 4.78 is 7.19. The van der Waals surface area contributed by atoms with E-state index < -0.39 is 0 Å². The Morgan fingerprint density at radius 3 is 2.76 bits per heavy atom. The van der Waals surface area contributed by atoms with E-state index in [9.17, 15) is 9.59 Å². The highest BCUT2D eigenvalue weighted by molar-refractivity contribution is 5.85. The van der Waals surface area contributed by atoms with Crippen molar-refractivity contribution in [3.63, 3.8) is 0 Å². The first-order valence-electron chi connectivity index (χ1n) is 10.7. The third kappa shape index (κ3) is 4.93. The van der Waals surface area contributed by atoms with Crippen LogP contribution in [0.5, 0.6) is 0 Å². The number of benzene rings is 1. The van der Waals surface area contributed by atoms with Crippen molar-refractivity contribution in [2.45, 2.75) is 63.6 Å². The van der Waals surface area contributed by atoms with Crippen molar-refractivity contribution in [2.24, 2.45) is 0 Å². The van der Waals surface area contributed by atoms with E-state index in [1.165, 1.54) is 6.42 Å². The number of carbonyl (C=O) groups is 2. The molecule has 29 heavy (non-hydrogen) atoms. The van der Waals surface area contributed by atoms with Crippen molar-refractivity contribution in [2.75, 3.05) is 19.7 Å². The van der Waals surface area contributed by atoms with Crippen LogP contribution in [0.2, 0.25) is 0 Å². The minimum absolute atomic E-state index is 0.0835. The van der Waals surface area contributed by atoms with Gasteiger partial charge in [0.15, 0.2) is 0 Å². The summed E-state index contributed by atoms with van der Waals surface area (Å²) in [6.45, 7) is 1.46. The Kier molecular flexibility index (Phi) is 6.39. The molecule has 4 rings (SSSR count). The van der Waals surface area contributed by atoms with Crippen LogP contribution in [0.15, 0.2) is 24.3 Å². The Morgan fingerprint density at radius 1 is 1.14 bits per heavy atom. The fourth-order valence-electron chi connectivity index (χ4n) is 4.31. The van der Waals surface area contributed by atoms with Crippen molar-refractivity contribution in [3.8, 4) is 0 Å². The lowest BCUT2D eigenvalue weighted by molar-refractivity contribution is -0.139. The maximum absolute atomic E-state index is 13.2. The van der Waals surface area contributed by atoms with E-state index in [1.807, 2.05) is 24.3 Å². The van der Waals surface area contributed by atoms with Gasteiger partial charge in [-0.1, -0.05) is 36.6 Å². The largest absolute Gasteiger partial charge is 0.376 e. The van der Waals surface area contributed by atoms with Crippen molar-refractivity contribution in [1.29, 1.82) is 0 Å². The number of ether oxygens (including phenoxy) is 1. The molecule has 156 valence electrons. The monoisotopic (exact) mass is 399 g/mol. The van der Waals surface area contributed by atoms with Crippen molar-refractivity contribution in [1.82, 2.24) is 25.2 Å². The fraction of sp³-hybridized carbons (Fsp3) is 0.619. The lowest BCUT2D eigenvalue weighted by atomic mass is 9.94. The highest BCUT2D eigenvalue weighted by Crippen LogP contribution is 2.23. The fourth-order valence-corrected chi connectivity index (χ4v) is 4.31. The number of carbonyl (C=O) groups excluding carboxylic acids is 2. The van der Waals surface area contributed by atoms with Gasteiger partial charge in [-0.3, -0.25) is 9.59 Å². The Morgan fingerprint density at radius 2 is 1.97 bits per heavy atom. The molecule has 1 saturated carbocycles. The van der Waals surface area contributed by atoms with Gasteiger partial charge < -0.3 is 15.0 Å². The molecule has 1 saturated heterocycles. The Balaban J connectivity index is 1.42. The lowest BCUT2D eigenvalue weighted by Gasteiger charge is -2.34. The summed E-state index contributed by atoms with van der Waals surface area (Å²) in [6, 6.07) is 7.70. The lowest BCUT2D eigenvalue weighted by Crippen LogP contribution is -2.49. The van der Waals surface area contributed by atoms with E-state index in [2.05, 4.69) is 15.6 Å². The second-order valence-electron chi connectivity index (χ2n) is 7.99. The van der Waals surface area contributed by atoms with Gasteiger partial charge in [-0.25, -0.2) is 4.68 Å². The summed E-state index contributed by atoms with van der Waals surface area (Å²) in [5, 5.41) is 11.2. The van der Waals surface area contributed by atoms with Crippen LogP contribution in [-0.2, 0) is 20.9 Å². The zero-order valence-electron chi connectivity index (χ0n) is 16.8. The summed E-state index contributed by atoms with van der Waals surface area (Å²) in [5.74, 6) is -0.206. The molecule has 2 amide bonds. The van der Waals surface area contributed by atoms with Crippen LogP contribution in [0.4, 0.5) is 0 Å². The van der Waals surface area contributed by atoms with Gasteiger partial charge in [-0.15, -0.1) is 5.10 Å². The summed E-state index contributed by atoms with van der Waals surface area (Å²) in [4.78, 5) is 27.5. The molecule has 1 unspecified atom stereocenters. The molecule has 2 fully saturated rings. The molecule has 1 aliphatic heterocycles. The Bertz CT molecular complexity index is 840. The first-order chi connectivity index (χ1) is 14.2. The first-order valence-corrected chi connectivity index (χ1v) is 10.7. The summed E-state index contributed by atoms with van der Waals surface area (Å²) >= 11 is 0. The van der Waals surface area contributed by atoms with E-state index >= 15 is 0 Å². The maximum atomic E-state index is 13.2. The predicted molar refractivity (Wildman–Crippen MR) is 108 cm³/mol. The zero-order valence-corrected chi connectivity index (χ0v) is 16.8. The molecular formula is C21H29N5O3. The molecule has 2 aliphatic rings. The van der Waals surface area contributed by atoms with Crippen LogP contribution in [0.25, 0.3) is 11.0 Å². The average Bonchev–Trinajstić information content (AvgIpc) is 3.41. The van der Waals surface area contributed by atoms with Gasteiger partial charge in [0.2, 0.25) is 11.8 Å². The van der Waals surface area contributed by atoms with Crippen LogP contribution >= 0.6 is 0 Å². The average molecular weight is 399 g/mol. The Hall–Kier alpha value is -2.48. The maximum Gasteiger partial charge on any atom is 0.245 e. The molecule has 0 bridgehead atoms. The van der Waals surface area contributed by atoms with Gasteiger partial charge >= 0.3 is 0 Å². The normalized spacial score (nSPS) is 20.1. The molecule has 2 heterocycles. The molecule has 1 aromatic heterocycles. The molecule has 1 aliphatic carbocycles. The first kappa shape index (κ1) is 19.8. The summed E-state index contributed by atoms with van der Waals surface area (Å²) in [6.07, 6.45) is 7.39. The third-order valence-electron chi connectivity index (χ3n) is 5.91. The van der Waals surface area contributed by atoms with Gasteiger partial charge in [0, 0.05) is 19.2 Å². The number of hydrogen-bond acceptors (Lipinski definition) is 5. The van der Waals surface area contributed by atoms with E-state index in [-0.39, 0.29) is 37.0 Å². The summed E-state index contributed by atoms with van der Waals surface area (Å²) in [5.41, 5.74) is 1.59. The van der Waals surface area contributed by atoms with E-state index in [4.69, 9.17) is 4.74 Å². The molecule has 2 aromatic rings. The van der Waals surface area contributed by atoms with Crippen molar-refractivity contribution >= 4 is 22.8 Å². The molecular weight excluding hydrogens is 370 g/mol. The highest BCUT2D eigenvalue weighted by Gasteiger charge is 2.28. The molecule has 1 aromatic carbocycles. The number of nitrogens with zero attached hydrogens (tertiary/aromatic N) is 4. The van der Waals surface area contributed by atoms with Crippen LogP contribution in [0.1, 0.15) is 44.9 Å². The molecule has 0 radical (unpaired) electrons. The van der Waals surface area contributed by atoms with Crippen molar-refractivity contribution in [3.05, 3.63) is 24.3 Å². The molecule has 1 atom stereocenters. The number of aromatic nitrogens is 3. The van der Waals surface area contributed by atoms with Gasteiger partial charge in [0.25, 0.3) is 0 Å². The standard InChI is InChI=1S/C21H29N5O3/c27-20(22-13-17-9-6-12-29-17)14-25(16-7-2-1-3-8-16)21(28)15-26-19-11-5-4-10-18(19)23-24-26/h4-5,10-11,16-17H,1-3,6-9,12-15H2,(H,22,27). The van der Waals surface area contributed by atoms with Crippen LogP contribution in [0, 0.1) is 0 Å². The number of hydrogen-bond donors (Lipinski definition) is 1. The second kappa shape index (κ2) is 9.35. The molecule has 0 spiro atoms. The summed E-state index contributed by atoms with van der Waals surface area (Å²) in [7, 11) is 0. The Labute approximate surface area is 170 Å². The second-order valence-corrected chi connectivity index (χ2v) is 7.99. The van der Waals surface area contributed by atoms with E-state index in [1.54, 1.807) is 9.58 Å². The predicted octanol–water partition coefficient (Wildman–Crippen LogP) is 1.89. The molecule has 1 N–H and O–H groups in total. The molecule has 8 heteroatoms. The molecule has 8 nitrogen and oxygen atoms in total. The zero-order chi connectivity index (χ0) is 20.1. The number of amides is 2. The highest BCUT2D eigenvalue weighted by atomic mass is 16.5. The van der Waals surface area contributed by atoms with Gasteiger partial charge in [0.05, 0.1) is 18.2 Å². The number of fused-ring (bicyclic) bond motifs is 1. The topological polar surface area (TPSA) is 89.4 Å².